The fraction of sp³-hybridized carbons (Fsp3) is 0.857. The molecule has 0 unspecified atom stereocenters. The number of rotatable bonds is 11. The predicted molar refractivity (Wildman–Crippen MR) is 75.5 cm³/mol. The van der Waals surface area contributed by atoms with Crippen LogP contribution in [-0.4, -0.2) is 10.2 Å². The molecule has 0 aromatic heterocycles. The van der Waals surface area contributed by atoms with E-state index in [1.54, 1.807) is 0 Å². The quantitative estimate of drug-likeness (QED) is 0.366. The zero-order valence-electron chi connectivity index (χ0n) is 11.0. The van der Waals surface area contributed by atoms with Crippen molar-refractivity contribution in [1.29, 1.82) is 0 Å². The number of unbranched alkanes of at least 4 members (excludes halogenated alkanes) is 9. The van der Waals surface area contributed by atoms with Crippen molar-refractivity contribution < 1.29 is 0 Å². The molecular formula is C14H30Si. The van der Waals surface area contributed by atoms with Crippen molar-refractivity contribution in [3.63, 3.8) is 0 Å². The molecular weight excluding hydrogens is 196 g/mol. The van der Waals surface area contributed by atoms with Crippen LogP contribution in [0.4, 0.5) is 0 Å². The summed E-state index contributed by atoms with van der Waals surface area (Å²) in [6.45, 7) is 6.27. The lowest BCUT2D eigenvalue weighted by atomic mass is 10.1. The Kier molecular flexibility index (Phi) is 12.0. The summed E-state index contributed by atoms with van der Waals surface area (Å²) in [7, 11) is 1.20. The monoisotopic (exact) mass is 226 g/mol. The third-order valence-corrected chi connectivity index (χ3v) is 3.46. The molecule has 0 aliphatic rings. The highest BCUT2D eigenvalue weighted by atomic mass is 28.1. The van der Waals surface area contributed by atoms with E-state index >= 15 is 0 Å². The van der Waals surface area contributed by atoms with Gasteiger partial charge in [0.25, 0.3) is 0 Å². The lowest BCUT2D eigenvalue weighted by Crippen LogP contribution is -1.83. The van der Waals surface area contributed by atoms with E-state index in [-0.39, 0.29) is 0 Å². The molecule has 0 atom stereocenters. The van der Waals surface area contributed by atoms with Crippen LogP contribution in [0, 0.1) is 0 Å². The SMILES string of the molecule is C=C([SiH3])CCCCCCCCCCCC. The molecule has 90 valence electrons. The Balaban J connectivity index is 2.89. The van der Waals surface area contributed by atoms with E-state index in [2.05, 4.69) is 13.5 Å². The molecule has 1 heteroatoms. The molecule has 15 heavy (non-hydrogen) atoms. The second-order valence-corrected chi connectivity index (χ2v) is 6.30. The first-order chi connectivity index (χ1) is 7.27. The van der Waals surface area contributed by atoms with Crippen molar-refractivity contribution in [2.45, 2.75) is 77.6 Å². The fourth-order valence-corrected chi connectivity index (χ4v) is 2.27. The van der Waals surface area contributed by atoms with E-state index in [1.807, 2.05) is 0 Å². The maximum absolute atomic E-state index is 3.99. The summed E-state index contributed by atoms with van der Waals surface area (Å²) in [6.07, 6.45) is 15.7. The topological polar surface area (TPSA) is 0 Å². The summed E-state index contributed by atoms with van der Waals surface area (Å²) in [6, 6.07) is 0. The van der Waals surface area contributed by atoms with Crippen LogP contribution in [-0.2, 0) is 0 Å². The van der Waals surface area contributed by atoms with Gasteiger partial charge in [-0.3, -0.25) is 0 Å². The molecule has 0 aromatic carbocycles. The van der Waals surface area contributed by atoms with Gasteiger partial charge in [-0.05, 0) is 12.8 Å². The van der Waals surface area contributed by atoms with E-state index in [9.17, 15) is 0 Å². The van der Waals surface area contributed by atoms with Gasteiger partial charge in [-0.1, -0.05) is 69.9 Å². The molecule has 0 aliphatic carbocycles. The van der Waals surface area contributed by atoms with Crippen LogP contribution in [0.1, 0.15) is 77.6 Å². The summed E-state index contributed by atoms with van der Waals surface area (Å²) in [4.78, 5) is 0. The van der Waals surface area contributed by atoms with Gasteiger partial charge in [0.05, 0.1) is 0 Å². The van der Waals surface area contributed by atoms with Crippen molar-refractivity contribution in [2.24, 2.45) is 0 Å². The molecule has 0 radical (unpaired) electrons. The van der Waals surface area contributed by atoms with E-state index in [0.29, 0.717) is 0 Å². The van der Waals surface area contributed by atoms with Crippen LogP contribution in [0.15, 0.2) is 11.8 Å². The number of hydrogen-bond acceptors (Lipinski definition) is 0. The highest BCUT2D eigenvalue weighted by molar-refractivity contribution is 6.21. The Bertz CT molecular complexity index is 140. The molecule has 0 bridgehead atoms. The highest BCUT2D eigenvalue weighted by Gasteiger charge is 1.92. The largest absolute Gasteiger partial charge is 0.105 e. The molecule has 0 heterocycles. The van der Waals surface area contributed by atoms with Gasteiger partial charge < -0.3 is 0 Å². The average Bonchev–Trinajstić information content (AvgIpc) is 2.20. The van der Waals surface area contributed by atoms with E-state index in [0.717, 1.165) is 0 Å². The first-order valence-electron chi connectivity index (χ1n) is 6.91. The molecule has 0 fully saturated rings. The molecule has 0 aliphatic heterocycles. The second-order valence-electron chi connectivity index (χ2n) is 4.89. The molecule has 0 saturated heterocycles. The first kappa shape index (κ1) is 15.0. The van der Waals surface area contributed by atoms with Gasteiger partial charge in [0.1, 0.15) is 0 Å². The Hall–Kier alpha value is -0.0431. The zero-order chi connectivity index (χ0) is 11.4. The molecule has 0 spiro atoms. The molecule has 0 amide bonds. The Labute approximate surface area is 100.0 Å². The van der Waals surface area contributed by atoms with Gasteiger partial charge in [0.2, 0.25) is 0 Å². The molecule has 0 N–H and O–H groups in total. The van der Waals surface area contributed by atoms with Gasteiger partial charge in [-0.15, -0.1) is 6.58 Å². The normalized spacial score (nSPS) is 10.7. The number of allylic oxidation sites excluding steroid dienone is 1. The summed E-state index contributed by atoms with van der Waals surface area (Å²) in [5.41, 5.74) is 0. The van der Waals surface area contributed by atoms with Crippen LogP contribution in [0.3, 0.4) is 0 Å². The first-order valence-corrected chi connectivity index (χ1v) is 7.91. The van der Waals surface area contributed by atoms with Gasteiger partial charge in [0, 0.05) is 10.2 Å². The van der Waals surface area contributed by atoms with Crippen LogP contribution in [0.5, 0.6) is 0 Å². The summed E-state index contributed by atoms with van der Waals surface area (Å²) >= 11 is 0. The summed E-state index contributed by atoms with van der Waals surface area (Å²) < 4.78 is 0. The lowest BCUT2D eigenvalue weighted by Gasteiger charge is -2.02. The predicted octanol–water partition coefficient (Wildman–Crippen LogP) is 4.18. The van der Waals surface area contributed by atoms with E-state index in [4.69, 9.17) is 0 Å². The third kappa shape index (κ3) is 14.0. The summed E-state index contributed by atoms with van der Waals surface area (Å²) in [5, 5.41) is 1.48. The van der Waals surface area contributed by atoms with Gasteiger partial charge in [-0.2, -0.15) is 0 Å². The van der Waals surface area contributed by atoms with E-state index in [1.165, 1.54) is 86.1 Å². The third-order valence-electron chi connectivity index (χ3n) is 2.96. The Morgan fingerprint density at radius 2 is 1.20 bits per heavy atom. The average molecular weight is 226 g/mol. The zero-order valence-corrected chi connectivity index (χ0v) is 13.0. The maximum atomic E-state index is 3.99. The van der Waals surface area contributed by atoms with Crippen LogP contribution in [0.2, 0.25) is 0 Å². The van der Waals surface area contributed by atoms with Crippen LogP contribution < -0.4 is 0 Å². The summed E-state index contributed by atoms with van der Waals surface area (Å²) in [5.74, 6) is 0. The molecule has 0 saturated carbocycles. The molecule has 0 aromatic rings. The Morgan fingerprint density at radius 3 is 1.60 bits per heavy atom. The van der Waals surface area contributed by atoms with Gasteiger partial charge >= 0.3 is 0 Å². The highest BCUT2D eigenvalue weighted by Crippen LogP contribution is 2.11. The minimum absolute atomic E-state index is 1.20. The van der Waals surface area contributed by atoms with Crippen molar-refractivity contribution in [3.05, 3.63) is 11.8 Å². The van der Waals surface area contributed by atoms with Crippen molar-refractivity contribution in [1.82, 2.24) is 0 Å². The van der Waals surface area contributed by atoms with Crippen LogP contribution >= 0.6 is 0 Å². The van der Waals surface area contributed by atoms with Crippen molar-refractivity contribution in [2.75, 3.05) is 0 Å². The maximum Gasteiger partial charge on any atom is 0.0325 e. The number of hydrogen-bond donors (Lipinski definition) is 0. The van der Waals surface area contributed by atoms with Crippen molar-refractivity contribution in [3.8, 4) is 0 Å². The standard InChI is InChI=1S/C14H30Si/c1-3-4-5-6-7-8-9-10-11-12-13-14(2)15/h2-13H2,1,15H3. The molecule has 0 nitrogen and oxygen atoms in total. The molecule has 0 rings (SSSR count). The second kappa shape index (κ2) is 12.0. The van der Waals surface area contributed by atoms with Gasteiger partial charge in [-0.25, -0.2) is 0 Å². The fourth-order valence-electron chi connectivity index (χ4n) is 1.91. The van der Waals surface area contributed by atoms with Gasteiger partial charge in [0.15, 0.2) is 0 Å². The Morgan fingerprint density at radius 1 is 0.800 bits per heavy atom. The smallest absolute Gasteiger partial charge is 0.0325 e. The minimum atomic E-state index is 1.20. The minimum Gasteiger partial charge on any atom is -0.105 e. The van der Waals surface area contributed by atoms with Crippen molar-refractivity contribution >= 4 is 10.2 Å². The lowest BCUT2D eigenvalue weighted by molar-refractivity contribution is 0.557. The van der Waals surface area contributed by atoms with Crippen LogP contribution in [0.25, 0.3) is 0 Å². The van der Waals surface area contributed by atoms with E-state index < -0.39 is 0 Å².